The van der Waals surface area contributed by atoms with Gasteiger partial charge in [-0.15, -0.1) is 0 Å². The van der Waals surface area contributed by atoms with Crippen LogP contribution < -0.4 is 25.8 Å². The fourth-order valence-corrected chi connectivity index (χ4v) is 2.18. The van der Waals surface area contributed by atoms with Crippen molar-refractivity contribution in [3.8, 4) is 11.5 Å². The summed E-state index contributed by atoms with van der Waals surface area (Å²) in [5.74, 6) is -1.43. The maximum atomic E-state index is 11.9. The van der Waals surface area contributed by atoms with E-state index >= 15 is 0 Å². The van der Waals surface area contributed by atoms with E-state index in [-0.39, 0.29) is 18.9 Å². The van der Waals surface area contributed by atoms with Crippen molar-refractivity contribution < 1.29 is 23.9 Å². The Morgan fingerprint density at radius 3 is 2.44 bits per heavy atom. The van der Waals surface area contributed by atoms with Gasteiger partial charge in [0.25, 0.3) is 5.91 Å². The number of carbonyl (C=O) groups is 3. The zero-order chi connectivity index (χ0) is 17.8. The van der Waals surface area contributed by atoms with Gasteiger partial charge in [0.1, 0.15) is 0 Å². The SMILES string of the molecule is Nc1ccc(C(=O)NC(=O)C(=O)NCc2ccc3c(c2)OCO3)cc1. The lowest BCUT2D eigenvalue weighted by Crippen LogP contribution is -2.42. The van der Waals surface area contributed by atoms with E-state index in [0.29, 0.717) is 17.2 Å². The fourth-order valence-electron chi connectivity index (χ4n) is 2.18. The number of amides is 3. The molecule has 3 rings (SSSR count). The van der Waals surface area contributed by atoms with Crippen LogP contribution in [0.25, 0.3) is 0 Å². The summed E-state index contributed by atoms with van der Waals surface area (Å²) in [6, 6.07) is 11.1. The van der Waals surface area contributed by atoms with Crippen LogP contribution in [0.2, 0.25) is 0 Å². The Hall–Kier alpha value is -3.55. The number of fused-ring (bicyclic) bond motifs is 1. The summed E-state index contributed by atoms with van der Waals surface area (Å²) in [5, 5.41) is 4.45. The third-order valence-corrected chi connectivity index (χ3v) is 3.50. The molecule has 0 bridgehead atoms. The van der Waals surface area contributed by atoms with Crippen molar-refractivity contribution in [3.63, 3.8) is 0 Å². The van der Waals surface area contributed by atoms with Gasteiger partial charge in [-0.2, -0.15) is 0 Å². The number of carbonyl (C=O) groups excluding carboxylic acids is 3. The van der Waals surface area contributed by atoms with Gasteiger partial charge in [0.05, 0.1) is 0 Å². The van der Waals surface area contributed by atoms with Crippen LogP contribution in [0.5, 0.6) is 11.5 Å². The standard InChI is InChI=1S/C17H15N3O5/c18-12-4-2-11(3-5-12)15(21)20-17(23)16(22)19-8-10-1-6-13-14(7-10)25-9-24-13/h1-7H,8-9,18H2,(H,19,22)(H,20,21,23). The number of rotatable bonds is 3. The van der Waals surface area contributed by atoms with Gasteiger partial charge in [-0.05, 0) is 42.0 Å². The predicted octanol–water partition coefficient (Wildman–Crippen LogP) is 0.570. The molecular weight excluding hydrogens is 326 g/mol. The Labute approximate surface area is 142 Å². The molecule has 0 fully saturated rings. The molecule has 4 N–H and O–H groups in total. The Balaban J connectivity index is 1.53. The first-order valence-electron chi connectivity index (χ1n) is 7.40. The van der Waals surface area contributed by atoms with Crippen LogP contribution in [0, 0.1) is 0 Å². The van der Waals surface area contributed by atoms with E-state index in [2.05, 4.69) is 5.32 Å². The van der Waals surface area contributed by atoms with Crippen LogP contribution in [0.3, 0.4) is 0 Å². The topological polar surface area (TPSA) is 120 Å². The first-order chi connectivity index (χ1) is 12.0. The van der Waals surface area contributed by atoms with E-state index < -0.39 is 17.7 Å². The number of benzene rings is 2. The van der Waals surface area contributed by atoms with Crippen molar-refractivity contribution in [2.24, 2.45) is 0 Å². The Morgan fingerprint density at radius 1 is 0.960 bits per heavy atom. The highest BCUT2D eigenvalue weighted by Gasteiger charge is 2.18. The molecule has 0 saturated carbocycles. The molecule has 0 spiro atoms. The summed E-state index contributed by atoms with van der Waals surface area (Å²) in [5.41, 5.74) is 6.98. The minimum absolute atomic E-state index is 0.110. The molecule has 2 aromatic rings. The molecule has 25 heavy (non-hydrogen) atoms. The zero-order valence-corrected chi connectivity index (χ0v) is 13.1. The number of nitrogens with two attached hydrogens (primary N) is 1. The molecule has 1 aliphatic heterocycles. The zero-order valence-electron chi connectivity index (χ0n) is 13.1. The molecule has 0 aromatic heterocycles. The van der Waals surface area contributed by atoms with Gasteiger partial charge in [0.15, 0.2) is 11.5 Å². The average Bonchev–Trinajstić information content (AvgIpc) is 3.07. The molecular formula is C17H15N3O5. The highest BCUT2D eigenvalue weighted by Crippen LogP contribution is 2.32. The Bertz CT molecular complexity index is 833. The smallest absolute Gasteiger partial charge is 0.316 e. The summed E-state index contributed by atoms with van der Waals surface area (Å²) >= 11 is 0. The Kier molecular flexibility index (Phi) is 4.51. The van der Waals surface area contributed by atoms with Gasteiger partial charge in [0.2, 0.25) is 6.79 Å². The summed E-state index contributed by atoms with van der Waals surface area (Å²) in [6.07, 6.45) is 0. The summed E-state index contributed by atoms with van der Waals surface area (Å²) in [7, 11) is 0. The first-order valence-corrected chi connectivity index (χ1v) is 7.40. The van der Waals surface area contributed by atoms with Gasteiger partial charge >= 0.3 is 11.8 Å². The van der Waals surface area contributed by atoms with Gasteiger partial charge in [-0.25, -0.2) is 0 Å². The summed E-state index contributed by atoms with van der Waals surface area (Å²) in [6.45, 7) is 0.264. The van der Waals surface area contributed by atoms with Crippen molar-refractivity contribution >= 4 is 23.4 Å². The van der Waals surface area contributed by atoms with Crippen LogP contribution in [0.1, 0.15) is 15.9 Å². The molecule has 128 valence electrons. The normalized spacial score (nSPS) is 11.7. The maximum Gasteiger partial charge on any atom is 0.316 e. The van der Waals surface area contributed by atoms with Crippen LogP contribution >= 0.6 is 0 Å². The predicted molar refractivity (Wildman–Crippen MR) is 87.7 cm³/mol. The van der Waals surface area contributed by atoms with Crippen molar-refractivity contribution in [3.05, 3.63) is 53.6 Å². The number of imide groups is 1. The summed E-state index contributed by atoms with van der Waals surface area (Å²) in [4.78, 5) is 35.5. The lowest BCUT2D eigenvalue weighted by atomic mass is 10.2. The quantitative estimate of drug-likeness (QED) is 0.555. The van der Waals surface area contributed by atoms with Crippen molar-refractivity contribution in [2.45, 2.75) is 6.54 Å². The second kappa shape index (κ2) is 6.91. The van der Waals surface area contributed by atoms with Gasteiger partial charge in [-0.1, -0.05) is 6.07 Å². The molecule has 8 heteroatoms. The molecule has 0 atom stereocenters. The van der Waals surface area contributed by atoms with Crippen LogP contribution in [0.15, 0.2) is 42.5 Å². The van der Waals surface area contributed by atoms with E-state index in [0.717, 1.165) is 5.56 Å². The van der Waals surface area contributed by atoms with Crippen LogP contribution in [-0.2, 0) is 16.1 Å². The summed E-state index contributed by atoms with van der Waals surface area (Å²) < 4.78 is 10.4. The van der Waals surface area contributed by atoms with Crippen molar-refractivity contribution in [1.29, 1.82) is 0 Å². The monoisotopic (exact) mass is 341 g/mol. The molecule has 3 amide bonds. The van der Waals surface area contributed by atoms with E-state index in [1.807, 2.05) is 5.32 Å². The molecule has 0 saturated heterocycles. The third-order valence-electron chi connectivity index (χ3n) is 3.50. The molecule has 1 aliphatic rings. The van der Waals surface area contributed by atoms with E-state index in [4.69, 9.17) is 15.2 Å². The lowest BCUT2D eigenvalue weighted by molar-refractivity contribution is -0.138. The number of hydrogen-bond acceptors (Lipinski definition) is 6. The second-order valence-electron chi connectivity index (χ2n) is 5.28. The van der Waals surface area contributed by atoms with Gasteiger partial charge in [-0.3, -0.25) is 19.7 Å². The van der Waals surface area contributed by atoms with E-state index in [1.165, 1.54) is 24.3 Å². The lowest BCUT2D eigenvalue weighted by Gasteiger charge is -2.07. The molecule has 0 unspecified atom stereocenters. The molecule has 0 radical (unpaired) electrons. The van der Waals surface area contributed by atoms with Crippen LogP contribution in [0.4, 0.5) is 5.69 Å². The minimum atomic E-state index is -1.04. The number of nitrogens with one attached hydrogen (secondary N) is 2. The average molecular weight is 341 g/mol. The third kappa shape index (κ3) is 3.86. The van der Waals surface area contributed by atoms with Crippen LogP contribution in [-0.4, -0.2) is 24.5 Å². The highest BCUT2D eigenvalue weighted by molar-refractivity contribution is 6.38. The highest BCUT2D eigenvalue weighted by atomic mass is 16.7. The van der Waals surface area contributed by atoms with Crippen molar-refractivity contribution in [2.75, 3.05) is 12.5 Å². The molecule has 1 heterocycles. The minimum Gasteiger partial charge on any atom is -0.454 e. The first kappa shape index (κ1) is 16.3. The molecule has 8 nitrogen and oxygen atoms in total. The molecule has 2 aromatic carbocycles. The maximum absolute atomic E-state index is 11.9. The number of hydrogen-bond donors (Lipinski definition) is 3. The van der Waals surface area contributed by atoms with E-state index in [9.17, 15) is 14.4 Å². The second-order valence-corrected chi connectivity index (χ2v) is 5.28. The van der Waals surface area contributed by atoms with E-state index in [1.54, 1.807) is 18.2 Å². The largest absolute Gasteiger partial charge is 0.454 e. The number of ether oxygens (including phenoxy) is 2. The number of anilines is 1. The van der Waals surface area contributed by atoms with Gasteiger partial charge in [0, 0.05) is 17.8 Å². The molecule has 0 aliphatic carbocycles. The van der Waals surface area contributed by atoms with Crippen molar-refractivity contribution in [1.82, 2.24) is 10.6 Å². The number of nitrogen functional groups attached to an aromatic ring is 1. The fraction of sp³-hybridized carbons (Fsp3) is 0.118. The Morgan fingerprint density at radius 2 is 1.68 bits per heavy atom. The van der Waals surface area contributed by atoms with Gasteiger partial charge < -0.3 is 20.5 Å².